The van der Waals surface area contributed by atoms with Crippen molar-refractivity contribution in [3.8, 4) is 11.5 Å². The van der Waals surface area contributed by atoms with Crippen molar-refractivity contribution in [1.29, 1.82) is 0 Å². The average molecular weight is 316 g/mol. The van der Waals surface area contributed by atoms with Crippen LogP contribution in [-0.2, 0) is 6.42 Å². The number of anilines is 1. The van der Waals surface area contributed by atoms with Gasteiger partial charge in [-0.1, -0.05) is 23.5 Å². The van der Waals surface area contributed by atoms with Crippen molar-refractivity contribution in [3.63, 3.8) is 0 Å². The molecule has 0 saturated carbocycles. The Morgan fingerprint density at radius 3 is 2.82 bits per heavy atom. The molecular formula is C17H20N2O2S. The van der Waals surface area contributed by atoms with Gasteiger partial charge in [0.15, 0.2) is 11.5 Å². The van der Waals surface area contributed by atoms with Gasteiger partial charge in [-0.15, -0.1) is 0 Å². The van der Waals surface area contributed by atoms with Crippen molar-refractivity contribution in [1.82, 2.24) is 4.98 Å². The Labute approximate surface area is 134 Å². The molecule has 0 radical (unpaired) electrons. The van der Waals surface area contributed by atoms with Crippen LogP contribution < -0.4 is 14.8 Å². The van der Waals surface area contributed by atoms with Crippen molar-refractivity contribution in [2.24, 2.45) is 0 Å². The number of ether oxygens (including phenoxy) is 2. The second-order valence-electron chi connectivity index (χ2n) is 5.16. The van der Waals surface area contributed by atoms with E-state index >= 15 is 0 Å². The predicted molar refractivity (Wildman–Crippen MR) is 92.0 cm³/mol. The summed E-state index contributed by atoms with van der Waals surface area (Å²) in [6.45, 7) is 1.05. The van der Waals surface area contributed by atoms with Crippen LogP contribution in [0.5, 0.6) is 11.5 Å². The van der Waals surface area contributed by atoms with Crippen LogP contribution in [0, 0.1) is 0 Å². The fourth-order valence-electron chi connectivity index (χ4n) is 2.49. The summed E-state index contributed by atoms with van der Waals surface area (Å²) in [7, 11) is 3.29. The number of methoxy groups -OCH3 is 2. The maximum atomic E-state index is 5.33. The Morgan fingerprint density at radius 2 is 2.00 bits per heavy atom. The molecule has 1 aromatic heterocycles. The Morgan fingerprint density at radius 1 is 1.14 bits per heavy atom. The Balaban J connectivity index is 1.79. The fraction of sp³-hybridized carbons (Fsp3) is 0.353. The van der Waals surface area contributed by atoms with Crippen molar-refractivity contribution < 1.29 is 9.47 Å². The van der Waals surface area contributed by atoms with Crippen molar-refractivity contribution in [3.05, 3.63) is 34.5 Å². The SMILES string of the molecule is COc1ccc(C=Cc2nc3c(s2)NCCCC3)cc1OC. The number of rotatable bonds is 4. The molecule has 5 heteroatoms. The number of nitrogens with one attached hydrogen (secondary N) is 1. The Hall–Kier alpha value is -2.01. The molecule has 0 amide bonds. The molecule has 0 bridgehead atoms. The van der Waals surface area contributed by atoms with Gasteiger partial charge >= 0.3 is 0 Å². The summed E-state index contributed by atoms with van der Waals surface area (Å²) < 4.78 is 10.6. The molecule has 0 aliphatic carbocycles. The quantitative estimate of drug-likeness (QED) is 0.923. The van der Waals surface area contributed by atoms with E-state index in [0.717, 1.165) is 35.0 Å². The zero-order valence-electron chi connectivity index (χ0n) is 12.9. The summed E-state index contributed by atoms with van der Waals surface area (Å²) in [5.74, 6) is 1.48. The monoisotopic (exact) mass is 316 g/mol. The molecule has 0 atom stereocenters. The predicted octanol–water partition coefficient (Wildman–Crippen LogP) is 4.08. The molecule has 1 N–H and O–H groups in total. The van der Waals surface area contributed by atoms with Gasteiger partial charge in [-0.05, 0) is 43.0 Å². The second kappa shape index (κ2) is 6.83. The van der Waals surface area contributed by atoms with E-state index in [1.165, 1.54) is 23.5 Å². The van der Waals surface area contributed by atoms with E-state index < -0.39 is 0 Å². The summed E-state index contributed by atoms with van der Waals surface area (Å²) in [6.07, 6.45) is 7.62. The summed E-state index contributed by atoms with van der Waals surface area (Å²) in [5, 5.41) is 5.73. The summed E-state index contributed by atoms with van der Waals surface area (Å²) in [6, 6.07) is 5.89. The Bertz CT molecular complexity index is 656. The lowest BCUT2D eigenvalue weighted by Gasteiger charge is -2.07. The van der Waals surface area contributed by atoms with Gasteiger partial charge in [0, 0.05) is 6.54 Å². The highest BCUT2D eigenvalue weighted by Gasteiger charge is 2.12. The number of fused-ring (bicyclic) bond motifs is 1. The number of thiazole rings is 1. The van der Waals surface area contributed by atoms with Crippen LogP contribution in [0.1, 0.15) is 29.1 Å². The molecule has 0 fully saturated rings. The van der Waals surface area contributed by atoms with E-state index in [9.17, 15) is 0 Å². The van der Waals surface area contributed by atoms with Crippen LogP contribution in [0.15, 0.2) is 18.2 Å². The highest BCUT2D eigenvalue weighted by molar-refractivity contribution is 7.16. The van der Waals surface area contributed by atoms with Gasteiger partial charge in [0.05, 0.1) is 19.9 Å². The standard InChI is InChI=1S/C17H20N2O2S/c1-20-14-8-6-12(11-15(14)21-2)7-9-16-19-13-5-3-4-10-18-17(13)22-16/h6-9,11,18H,3-5,10H2,1-2H3. The van der Waals surface area contributed by atoms with E-state index in [-0.39, 0.29) is 0 Å². The second-order valence-corrected chi connectivity index (χ2v) is 6.19. The minimum Gasteiger partial charge on any atom is -0.493 e. The number of hydrogen-bond donors (Lipinski definition) is 1. The fourth-order valence-corrected chi connectivity index (χ4v) is 3.43. The molecule has 2 heterocycles. The summed E-state index contributed by atoms with van der Waals surface area (Å²) >= 11 is 1.72. The molecule has 3 rings (SSSR count). The number of benzene rings is 1. The maximum Gasteiger partial charge on any atom is 0.161 e. The molecule has 1 aliphatic rings. The number of nitrogens with zero attached hydrogens (tertiary/aromatic N) is 1. The van der Waals surface area contributed by atoms with Crippen LogP contribution in [0.25, 0.3) is 12.2 Å². The first-order valence-electron chi connectivity index (χ1n) is 7.44. The van der Waals surface area contributed by atoms with Crippen LogP contribution in [-0.4, -0.2) is 25.7 Å². The van der Waals surface area contributed by atoms with E-state index in [2.05, 4.69) is 17.5 Å². The molecule has 116 valence electrons. The summed E-state index contributed by atoms with van der Waals surface area (Å²) in [4.78, 5) is 4.72. The molecule has 0 spiro atoms. The topological polar surface area (TPSA) is 43.4 Å². The van der Waals surface area contributed by atoms with Gasteiger partial charge in [0.25, 0.3) is 0 Å². The first-order valence-corrected chi connectivity index (χ1v) is 8.25. The molecule has 22 heavy (non-hydrogen) atoms. The molecule has 4 nitrogen and oxygen atoms in total. The van der Waals surface area contributed by atoms with Crippen LogP contribution in [0.2, 0.25) is 0 Å². The van der Waals surface area contributed by atoms with E-state index in [1.54, 1.807) is 25.6 Å². The molecule has 0 unspecified atom stereocenters. The first kappa shape index (κ1) is 14.9. The summed E-state index contributed by atoms with van der Waals surface area (Å²) in [5.41, 5.74) is 2.27. The van der Waals surface area contributed by atoms with Gasteiger partial charge < -0.3 is 14.8 Å². The van der Waals surface area contributed by atoms with E-state index in [1.807, 2.05) is 18.2 Å². The third-order valence-electron chi connectivity index (χ3n) is 3.67. The molecular weight excluding hydrogens is 296 g/mol. The van der Waals surface area contributed by atoms with Gasteiger partial charge in [-0.3, -0.25) is 0 Å². The van der Waals surface area contributed by atoms with Crippen molar-refractivity contribution >= 4 is 28.5 Å². The Kier molecular flexibility index (Phi) is 4.63. The average Bonchev–Trinajstić information content (AvgIpc) is 2.82. The van der Waals surface area contributed by atoms with Crippen LogP contribution in [0.4, 0.5) is 5.00 Å². The van der Waals surface area contributed by atoms with Gasteiger partial charge in [0.1, 0.15) is 10.0 Å². The highest BCUT2D eigenvalue weighted by atomic mass is 32.1. The molecule has 1 aromatic carbocycles. The van der Waals surface area contributed by atoms with Gasteiger partial charge in [0.2, 0.25) is 0 Å². The van der Waals surface area contributed by atoms with E-state index in [4.69, 9.17) is 14.5 Å². The smallest absolute Gasteiger partial charge is 0.161 e. The lowest BCUT2D eigenvalue weighted by Crippen LogP contribution is -1.96. The van der Waals surface area contributed by atoms with Crippen LogP contribution in [0.3, 0.4) is 0 Å². The maximum absolute atomic E-state index is 5.33. The molecule has 0 saturated heterocycles. The van der Waals surface area contributed by atoms with Crippen molar-refractivity contribution in [2.45, 2.75) is 19.3 Å². The molecule has 2 aromatic rings. The number of aromatic nitrogens is 1. The van der Waals surface area contributed by atoms with E-state index in [0.29, 0.717) is 0 Å². The largest absolute Gasteiger partial charge is 0.493 e. The normalized spacial score (nSPS) is 14.3. The number of aryl methyl sites for hydroxylation is 1. The zero-order valence-corrected chi connectivity index (χ0v) is 13.7. The first-order chi connectivity index (χ1) is 10.8. The minimum atomic E-state index is 0.737. The molecule has 1 aliphatic heterocycles. The third-order valence-corrected chi connectivity index (χ3v) is 4.69. The lowest BCUT2D eigenvalue weighted by atomic mass is 10.2. The van der Waals surface area contributed by atoms with Gasteiger partial charge in [-0.2, -0.15) is 0 Å². The highest BCUT2D eigenvalue weighted by Crippen LogP contribution is 2.31. The van der Waals surface area contributed by atoms with Crippen molar-refractivity contribution in [2.75, 3.05) is 26.1 Å². The number of hydrogen-bond acceptors (Lipinski definition) is 5. The lowest BCUT2D eigenvalue weighted by molar-refractivity contribution is 0.355. The van der Waals surface area contributed by atoms with Crippen LogP contribution >= 0.6 is 11.3 Å². The third kappa shape index (κ3) is 3.25. The zero-order chi connectivity index (χ0) is 15.4. The van der Waals surface area contributed by atoms with Gasteiger partial charge in [-0.25, -0.2) is 4.98 Å². The minimum absolute atomic E-state index is 0.737.